The van der Waals surface area contributed by atoms with E-state index in [1.807, 2.05) is 145 Å². The van der Waals surface area contributed by atoms with Crippen molar-refractivity contribution in [2.24, 2.45) is 37.9 Å². The molecule has 93 heavy (non-hydrogen) atoms. The maximum Gasteiger partial charge on any atom is 0.347 e. The zero-order chi connectivity index (χ0) is 71.7. The molecule has 0 amide bonds. The van der Waals surface area contributed by atoms with Crippen molar-refractivity contribution in [1.82, 2.24) is 4.58 Å². The van der Waals surface area contributed by atoms with Crippen LogP contribution in [0.15, 0.2) is 142 Å². The fourth-order valence-electron chi connectivity index (χ4n) is 9.02. The van der Waals surface area contributed by atoms with E-state index in [2.05, 4.69) is 129 Å². The fourth-order valence-corrected chi connectivity index (χ4v) is 9.02. The molecule has 4 N–H and O–H groups in total. The Labute approximate surface area is 559 Å². The van der Waals surface area contributed by atoms with Gasteiger partial charge < -0.3 is 34.0 Å². The van der Waals surface area contributed by atoms with Gasteiger partial charge in [-0.15, -0.1) is 31.3 Å². The second-order valence-electron chi connectivity index (χ2n) is 32.3. The smallest absolute Gasteiger partial charge is 0.347 e. The number of phenolic OH excluding ortho intramolecular Hbond substituents is 1. The Morgan fingerprint density at radius 3 is 1.61 bits per heavy atom. The number of phenols is 1. The van der Waals surface area contributed by atoms with Crippen molar-refractivity contribution in [2.75, 3.05) is 20.7 Å². The van der Waals surface area contributed by atoms with Crippen molar-refractivity contribution >= 4 is 44.5 Å². The Kier molecular flexibility index (Phi) is 32.8. The number of benzene rings is 5. The molecule has 7 rings (SSSR count). The number of esters is 1. The van der Waals surface area contributed by atoms with Gasteiger partial charge in [-0.1, -0.05) is 213 Å². The van der Waals surface area contributed by atoms with Crippen LogP contribution in [0.4, 0.5) is 0 Å². The number of carbonyl (C=O) groups excluding carboxylic acids is 2. The number of fused-ring (bicyclic) bond motifs is 5. The van der Waals surface area contributed by atoms with Crippen molar-refractivity contribution in [3.8, 4) is 52.9 Å². The normalized spacial score (nSPS) is 11.6. The summed E-state index contributed by atoms with van der Waals surface area (Å²) >= 11 is 0. The maximum atomic E-state index is 13.4. The van der Waals surface area contributed by atoms with Crippen LogP contribution in [-0.4, -0.2) is 59.2 Å². The molecule has 1 aliphatic carbocycles. The van der Waals surface area contributed by atoms with Gasteiger partial charge in [-0.05, 0) is 105 Å². The summed E-state index contributed by atoms with van der Waals surface area (Å²) in [5.74, 6) is 5.80. The van der Waals surface area contributed by atoms with Crippen molar-refractivity contribution in [3.05, 3.63) is 155 Å². The third-order valence-electron chi connectivity index (χ3n) is 13.1. The molecule has 0 atom stereocenters. The summed E-state index contributed by atoms with van der Waals surface area (Å²) in [5, 5.41) is 40.5. The Morgan fingerprint density at radius 1 is 0.624 bits per heavy atom. The zero-order valence-corrected chi connectivity index (χ0v) is 61.1. The number of para-hydroxylation sites is 1. The number of aromatic hydroxyl groups is 1. The number of carbonyl (C=O) groups is 2. The van der Waals surface area contributed by atoms with Crippen molar-refractivity contribution in [3.63, 3.8) is 0 Å². The van der Waals surface area contributed by atoms with Crippen molar-refractivity contribution in [1.29, 1.82) is 0 Å². The third-order valence-corrected chi connectivity index (χ3v) is 13.1. The summed E-state index contributed by atoms with van der Waals surface area (Å²) in [6.07, 6.45) is 17.0. The van der Waals surface area contributed by atoms with Crippen molar-refractivity contribution in [2.45, 2.75) is 203 Å². The first kappa shape index (κ1) is 83.3. The van der Waals surface area contributed by atoms with E-state index in [0.29, 0.717) is 70.0 Å². The van der Waals surface area contributed by atoms with Crippen LogP contribution in [0.1, 0.15) is 217 Å². The van der Waals surface area contributed by atoms with Gasteiger partial charge in [-0.2, -0.15) is 0 Å². The highest BCUT2D eigenvalue weighted by atomic mass is 16.5. The fraction of sp³-hybridized carbons (Fsp3) is 0.488. The van der Waals surface area contributed by atoms with Gasteiger partial charge in [0.05, 0.1) is 29.4 Å². The number of aliphatic hydroxyl groups excluding tert-OH is 2. The maximum absolute atomic E-state index is 13.4. The molecule has 0 saturated carbocycles. The number of allylic oxidation sites excluding steroid dienone is 2. The Balaban J connectivity index is 0.000000647. The molecule has 0 spiro atoms. The molecular weight excluding hydrogens is 1160 g/mol. The SMILES string of the molecule is C#CCC(C)(C)C.C#CCC(C)(C)C.C=C(O)CC(C)(C)C.C=CCC(C)(C)C.CC(C)(C)CC(=O)c1cc2ccccc2oc1=O.CC(C)(C)CC(O)O.C[N+](C)=c1ccc2c(-c3ccccc3C(=O)OCCCC(C)(C)C)c3ccc4cccc(O)c4c3oc-2c1. The van der Waals surface area contributed by atoms with E-state index in [9.17, 15) is 19.5 Å². The molecule has 0 fully saturated rings. The number of rotatable bonds is 10. The Morgan fingerprint density at radius 2 is 1.17 bits per heavy atom. The summed E-state index contributed by atoms with van der Waals surface area (Å²) in [4.78, 5) is 37.2. The highest BCUT2D eigenvalue weighted by molar-refractivity contribution is 6.15. The Bertz CT molecular complexity index is 3680. The lowest BCUT2D eigenvalue weighted by atomic mass is 9.88. The van der Waals surface area contributed by atoms with E-state index in [0.717, 1.165) is 70.3 Å². The summed E-state index contributed by atoms with van der Waals surface area (Å²) in [6, 6.07) is 31.8. The van der Waals surface area contributed by atoms with Gasteiger partial charge in [0.1, 0.15) is 42.3 Å². The topological polar surface area (TPSA) is 171 Å². The van der Waals surface area contributed by atoms with E-state index in [-0.39, 0.29) is 50.5 Å². The van der Waals surface area contributed by atoms with Gasteiger partial charge >= 0.3 is 11.6 Å². The van der Waals surface area contributed by atoms with Crippen LogP contribution < -0.4 is 15.6 Å². The number of ketones is 1. The molecular formula is C82H116NO10+. The number of hydrogen-bond acceptors (Lipinski definition) is 10. The molecule has 508 valence electrons. The van der Waals surface area contributed by atoms with E-state index in [1.165, 1.54) is 0 Å². The number of aliphatic hydroxyl groups is 3. The average molecular weight is 1280 g/mol. The highest BCUT2D eigenvalue weighted by Crippen LogP contribution is 2.45. The van der Waals surface area contributed by atoms with Crippen LogP contribution in [0.3, 0.4) is 0 Å². The van der Waals surface area contributed by atoms with E-state index < -0.39 is 11.9 Å². The molecule has 5 aromatic rings. The number of ether oxygens (including phenoxy) is 1. The first-order valence-corrected chi connectivity index (χ1v) is 32.2. The molecule has 1 aliphatic heterocycles. The first-order valence-electron chi connectivity index (χ1n) is 32.2. The number of terminal acetylenes is 2. The molecule has 2 aliphatic rings. The minimum atomic E-state index is -1.16. The minimum Gasteiger partial charge on any atom is -0.513 e. The summed E-state index contributed by atoms with van der Waals surface area (Å²) < 4.78 is 19.4. The standard InChI is InChI=1S/C33H33NO4.C15H16O3.C7H14O.C7H14.2C7H12.C6H14O2/c1-33(2,3)18-9-19-37-32(36)24-12-7-6-11-23(24)30-25-17-15-22(34(4)5)20-28(25)38-31-26(30)16-14-21-10-8-13-27(35)29(21)31;1-15(2,3)9-12(16)11-8-10-6-4-5-7-13(10)18-14(11)17;1-6(8)5-7(2,3)4;3*1-5-6-7(2,3)4;1-6(2,3)4-5(7)8/h6-8,10-17,20H,9,18-19H2,1-5H3;4-8H,9H2,1-3H3;8H,1,5H2,2-4H3;5H,1,6H2,2-4H3;2*1H,6H2,2-4H3;5,7-8H,4H2,1-3H3/p+1. The molecule has 11 heteroatoms. The van der Waals surface area contributed by atoms with Crippen LogP contribution in [0, 0.1) is 62.6 Å². The van der Waals surface area contributed by atoms with Crippen LogP contribution in [0.2, 0.25) is 0 Å². The van der Waals surface area contributed by atoms with Crippen LogP contribution in [0.25, 0.3) is 55.2 Å². The number of hydrogen-bond donors (Lipinski definition) is 4. The molecule has 2 heterocycles. The predicted molar refractivity (Wildman–Crippen MR) is 393 cm³/mol. The number of nitrogens with zero attached hydrogens (tertiary/aromatic N) is 1. The quantitative estimate of drug-likeness (QED) is 0.00883. The van der Waals surface area contributed by atoms with Gasteiger partial charge in [-0.25, -0.2) is 14.2 Å². The highest BCUT2D eigenvalue weighted by Gasteiger charge is 2.25. The van der Waals surface area contributed by atoms with E-state index in [4.69, 9.17) is 41.7 Å². The van der Waals surface area contributed by atoms with Gasteiger partial charge in [-0.3, -0.25) is 4.79 Å². The minimum absolute atomic E-state index is 0.0220. The molecule has 0 radical (unpaired) electrons. The lowest BCUT2D eigenvalue weighted by Gasteiger charge is -2.19. The monoisotopic (exact) mass is 1270 g/mol. The summed E-state index contributed by atoms with van der Waals surface area (Å²) in [7, 11) is 3.96. The molecule has 11 nitrogen and oxygen atoms in total. The lowest BCUT2D eigenvalue weighted by Crippen LogP contribution is -2.21. The first-order chi connectivity index (χ1) is 42.5. The van der Waals surface area contributed by atoms with Gasteiger partial charge in [0.25, 0.3) is 0 Å². The van der Waals surface area contributed by atoms with Crippen LogP contribution >= 0.6 is 0 Å². The average Bonchev–Trinajstić information content (AvgIpc) is 0.736. The molecule has 4 aromatic carbocycles. The van der Waals surface area contributed by atoms with E-state index >= 15 is 0 Å². The second kappa shape index (κ2) is 36.7. The van der Waals surface area contributed by atoms with Crippen molar-refractivity contribution < 1.29 is 43.6 Å². The largest absolute Gasteiger partial charge is 0.513 e. The van der Waals surface area contributed by atoms with E-state index in [1.54, 1.807) is 24.3 Å². The van der Waals surface area contributed by atoms with Crippen LogP contribution in [-0.2, 0) is 4.74 Å². The van der Waals surface area contributed by atoms with Crippen LogP contribution in [0.5, 0.6) is 5.75 Å². The Hall–Kier alpha value is -7.70. The second-order valence-corrected chi connectivity index (χ2v) is 32.3. The third kappa shape index (κ3) is 34.2. The van der Waals surface area contributed by atoms with Gasteiger partial charge in [0, 0.05) is 60.1 Å². The predicted octanol–water partition coefficient (Wildman–Crippen LogP) is 20.4. The molecule has 0 unspecified atom stereocenters. The van der Waals surface area contributed by atoms with Gasteiger partial charge in [0.2, 0.25) is 5.36 Å². The molecule has 0 saturated heterocycles. The zero-order valence-electron chi connectivity index (χ0n) is 61.1. The summed E-state index contributed by atoms with van der Waals surface area (Å²) in [5.41, 5.74) is 5.01. The number of Topliss-reactive ketones (excluding diaryl/α,β-unsaturated/α-hetero) is 1. The lowest BCUT2D eigenvalue weighted by molar-refractivity contribution is -0.0648. The molecule has 1 aromatic heterocycles. The molecule has 0 bridgehead atoms. The van der Waals surface area contributed by atoms with Gasteiger partial charge in [0.15, 0.2) is 12.1 Å². The summed E-state index contributed by atoms with van der Waals surface area (Å²) in [6.45, 7) is 51.4.